The Morgan fingerprint density at radius 1 is 0.146 bits per heavy atom. The quantitative estimate of drug-likeness (QED) is 0.0698. The summed E-state index contributed by atoms with van der Waals surface area (Å²) in [5.41, 5.74) is 15.0. The maximum atomic E-state index is 11.5. The maximum Gasteiger partial charge on any atom is 0.124 e. The molecule has 0 radical (unpaired) electrons. The highest BCUT2D eigenvalue weighted by Gasteiger charge is 2.69. The summed E-state index contributed by atoms with van der Waals surface area (Å²) in [6, 6.07) is 121. The molecule has 130 heavy (non-hydrogen) atoms. The largest absolute Gasteiger partial charge is 0.507 e. The molecule has 616 valence electrons. The number of aromatic hydroxyl groups is 8. The summed E-state index contributed by atoms with van der Waals surface area (Å²) >= 11 is 0. The second-order valence-corrected chi connectivity index (χ2v) is 35.8. The van der Waals surface area contributed by atoms with Crippen molar-refractivity contribution in [3.63, 3.8) is 0 Å². The van der Waals surface area contributed by atoms with Crippen LogP contribution in [0, 0.1) is 47.4 Å². The SMILES string of the molecule is Oc1ccc2ccccc2c1-c1c(O)ccc2cc(C#Cc3ccc(C45CC6(c7ccc(C#Cc8ccc9c(-c%10c(O)ccc%11ccccc%10%11)c(O)ccc9c8)cc7)CC(c7ccc(C#Cc8ccc9c(-c%10c(O)ccc%11ccccc%10%11)c(O)ccc9c8)cc7)(C4)CC(c4ccc(C#Cc7ccc8c(-c9c(O)ccc%10ccccc9%10)c(O)ccc8c7)cc4)(C5)C6)cc3)ccc12. The monoisotopic (exact) mass is 1670 g/mol. The zero-order valence-electron chi connectivity index (χ0n) is 70.5. The third kappa shape index (κ3) is 13.2. The molecule has 20 aromatic rings. The van der Waals surface area contributed by atoms with Gasteiger partial charge in [0.15, 0.2) is 0 Å². The van der Waals surface area contributed by atoms with Gasteiger partial charge in [-0.3, -0.25) is 0 Å². The molecule has 20 aromatic carbocycles. The topological polar surface area (TPSA) is 162 Å². The first-order valence-corrected chi connectivity index (χ1v) is 43.9. The molecule has 4 aliphatic carbocycles. The van der Waals surface area contributed by atoms with E-state index >= 15 is 0 Å². The maximum absolute atomic E-state index is 11.5. The minimum absolute atomic E-state index is 0.0788. The van der Waals surface area contributed by atoms with Gasteiger partial charge in [-0.05, 0) is 314 Å². The Kier molecular flexibility index (Phi) is 18.3. The number of hydrogen-bond acceptors (Lipinski definition) is 8. The highest BCUT2D eigenvalue weighted by molar-refractivity contribution is 6.14. The number of benzene rings is 20. The Hall–Kier alpha value is -16.9. The van der Waals surface area contributed by atoms with Crippen molar-refractivity contribution >= 4 is 86.2 Å². The summed E-state index contributed by atoms with van der Waals surface area (Å²) in [5, 5.41) is 106. The summed E-state index contributed by atoms with van der Waals surface area (Å²) in [6.45, 7) is 0. The van der Waals surface area contributed by atoms with Gasteiger partial charge in [0.25, 0.3) is 0 Å². The number of hydrogen-bond donors (Lipinski definition) is 8. The fourth-order valence-electron chi connectivity index (χ4n) is 22.8. The molecule has 8 N–H and O–H groups in total. The molecule has 0 unspecified atom stereocenters. The number of phenols is 8. The normalized spacial score (nSPS) is 17.2. The van der Waals surface area contributed by atoms with E-state index in [1.807, 2.05) is 218 Å². The minimum atomic E-state index is -0.354. The van der Waals surface area contributed by atoms with Crippen molar-refractivity contribution in [2.45, 2.75) is 60.2 Å². The Bertz CT molecular complexity index is 7460. The summed E-state index contributed by atoms with van der Waals surface area (Å²) in [7, 11) is 0. The molecule has 0 aromatic heterocycles. The minimum Gasteiger partial charge on any atom is -0.507 e. The lowest BCUT2D eigenvalue weighted by Crippen LogP contribution is -2.67. The zero-order chi connectivity index (χ0) is 87.7. The van der Waals surface area contributed by atoms with E-state index in [9.17, 15) is 40.9 Å². The highest BCUT2D eigenvalue weighted by atomic mass is 16.3. The second kappa shape index (κ2) is 30.5. The van der Waals surface area contributed by atoms with E-state index in [0.717, 1.165) is 169 Å². The number of phenolic OH excluding ortho intramolecular Hbond substituents is 8. The van der Waals surface area contributed by atoms with Crippen LogP contribution in [0.15, 0.2) is 364 Å². The average molecular weight is 1670 g/mol. The first-order valence-electron chi connectivity index (χ1n) is 43.9. The van der Waals surface area contributed by atoms with Gasteiger partial charge in [-0.15, -0.1) is 0 Å². The van der Waals surface area contributed by atoms with Crippen molar-refractivity contribution in [3.05, 3.63) is 431 Å². The molecule has 4 saturated carbocycles. The van der Waals surface area contributed by atoms with Gasteiger partial charge in [0, 0.05) is 89.0 Å². The van der Waals surface area contributed by atoms with Gasteiger partial charge in [0.2, 0.25) is 0 Å². The molecule has 0 spiro atoms. The molecule has 4 aliphatic rings. The molecule has 8 nitrogen and oxygen atoms in total. The predicted octanol–water partition coefficient (Wildman–Crippen LogP) is 27.3. The van der Waals surface area contributed by atoms with Crippen LogP contribution in [-0.2, 0) is 21.7 Å². The first-order chi connectivity index (χ1) is 63.5. The molecule has 0 saturated heterocycles. The van der Waals surface area contributed by atoms with E-state index in [1.54, 1.807) is 48.5 Å². The van der Waals surface area contributed by atoms with E-state index in [0.29, 0.717) is 44.5 Å². The van der Waals surface area contributed by atoms with Crippen molar-refractivity contribution in [2.75, 3.05) is 0 Å². The van der Waals surface area contributed by atoms with Crippen LogP contribution in [0.4, 0.5) is 0 Å². The lowest BCUT2D eigenvalue weighted by Gasteiger charge is -2.71. The predicted molar refractivity (Wildman–Crippen MR) is 525 cm³/mol. The fourth-order valence-corrected chi connectivity index (χ4v) is 22.8. The Labute approximate surface area is 750 Å². The van der Waals surface area contributed by atoms with Crippen LogP contribution in [-0.4, -0.2) is 40.9 Å². The van der Waals surface area contributed by atoms with Crippen LogP contribution in [0.1, 0.15) is 105 Å². The average Bonchev–Trinajstić information content (AvgIpc) is 0.662. The Morgan fingerprint density at radius 2 is 0.300 bits per heavy atom. The van der Waals surface area contributed by atoms with E-state index < -0.39 is 0 Å². The van der Waals surface area contributed by atoms with E-state index in [1.165, 1.54) is 22.3 Å². The number of fused-ring (bicyclic) bond motifs is 8. The van der Waals surface area contributed by atoms with Crippen molar-refractivity contribution in [3.8, 4) is 138 Å². The second-order valence-electron chi connectivity index (χ2n) is 35.8. The van der Waals surface area contributed by atoms with E-state index in [2.05, 4.69) is 144 Å². The van der Waals surface area contributed by atoms with Crippen LogP contribution in [0.2, 0.25) is 0 Å². The van der Waals surface area contributed by atoms with E-state index in [4.69, 9.17) is 0 Å². The van der Waals surface area contributed by atoms with Gasteiger partial charge in [-0.25, -0.2) is 0 Å². The van der Waals surface area contributed by atoms with Crippen LogP contribution in [0.25, 0.3) is 131 Å². The van der Waals surface area contributed by atoms with Crippen molar-refractivity contribution in [2.24, 2.45) is 0 Å². The van der Waals surface area contributed by atoms with Gasteiger partial charge in [0.1, 0.15) is 46.0 Å². The molecular weight excluding hydrogens is 1590 g/mol. The molecule has 8 heteroatoms. The number of rotatable bonds is 8. The van der Waals surface area contributed by atoms with Crippen LogP contribution in [0.5, 0.6) is 46.0 Å². The smallest absolute Gasteiger partial charge is 0.124 e. The van der Waals surface area contributed by atoms with Crippen LogP contribution >= 0.6 is 0 Å². The fraction of sp³-hybridized carbons (Fsp3) is 0.0820. The standard InChI is InChI=1S/C122H80O8/c123-103-57-37-83-9-1-5-13-95(83)111(103)115-99-53-33-79(65-87(99)41-61-107(115)127)21-17-75-25-45-91(46-26-75)119-69-120(92-47-27-76(28-48-92)18-22-80-34-54-100-88(66-80)42-62-108(128)116(100)112-96-14-6-2-10-84(96)38-58-104(112)124)72-121(70-119,93-49-29-77(30-50-93)19-23-81-35-55-101-89(67-81)43-63-109(129)117(101)113-97-15-7-3-11-85(97)39-59-105(113)125)74-122(71-119,73-120)94-51-31-78(32-52-94)20-24-82-36-56-102-90(68-82)44-64-110(130)118(102)114-98-16-8-4-12-86(98)40-60-106(114)126/h1-16,25-68,123-130H,69-74H2. The Morgan fingerprint density at radius 3 is 0.492 bits per heavy atom. The van der Waals surface area contributed by atoms with Crippen LogP contribution in [0.3, 0.4) is 0 Å². The van der Waals surface area contributed by atoms with Gasteiger partial charge in [-0.1, -0.05) is 266 Å². The molecule has 0 aliphatic heterocycles. The lowest BCUT2D eigenvalue weighted by molar-refractivity contribution is -0.0691. The summed E-state index contributed by atoms with van der Waals surface area (Å²) in [6.07, 6.45) is 5.39. The highest BCUT2D eigenvalue weighted by Crippen LogP contribution is 2.75. The Balaban J connectivity index is 0.626. The molecule has 0 heterocycles. The van der Waals surface area contributed by atoms with Gasteiger partial charge < -0.3 is 40.9 Å². The molecule has 0 amide bonds. The van der Waals surface area contributed by atoms with Crippen molar-refractivity contribution in [1.82, 2.24) is 0 Å². The molecule has 24 rings (SSSR count). The van der Waals surface area contributed by atoms with Gasteiger partial charge in [0.05, 0.1) is 0 Å². The third-order valence-corrected chi connectivity index (χ3v) is 28.1. The first kappa shape index (κ1) is 77.9. The van der Waals surface area contributed by atoms with Gasteiger partial charge >= 0.3 is 0 Å². The molecule has 4 bridgehead atoms. The molecule has 4 fully saturated rings. The van der Waals surface area contributed by atoms with Gasteiger partial charge in [-0.2, -0.15) is 0 Å². The summed E-state index contributed by atoms with van der Waals surface area (Å²) < 4.78 is 0. The zero-order valence-corrected chi connectivity index (χ0v) is 70.5. The summed E-state index contributed by atoms with van der Waals surface area (Å²) in [4.78, 5) is 0. The van der Waals surface area contributed by atoms with Crippen molar-refractivity contribution < 1.29 is 40.9 Å². The molecule has 0 atom stereocenters. The summed E-state index contributed by atoms with van der Waals surface area (Å²) in [5.74, 6) is 28.9. The third-order valence-electron chi connectivity index (χ3n) is 28.1. The van der Waals surface area contributed by atoms with Crippen LogP contribution < -0.4 is 0 Å². The molecular formula is C122H80O8. The van der Waals surface area contributed by atoms with E-state index in [-0.39, 0.29) is 67.7 Å². The lowest BCUT2D eigenvalue weighted by atomic mass is 9.32. The van der Waals surface area contributed by atoms with Crippen molar-refractivity contribution in [1.29, 1.82) is 0 Å².